The van der Waals surface area contributed by atoms with E-state index in [0.717, 1.165) is 5.75 Å². The van der Waals surface area contributed by atoms with Gasteiger partial charge in [0.1, 0.15) is 11.8 Å². The summed E-state index contributed by atoms with van der Waals surface area (Å²) < 4.78 is 5.30. The number of likely N-dealkylation sites (N-methyl/N-ethyl adjacent to an activating group) is 1. The van der Waals surface area contributed by atoms with E-state index in [4.69, 9.17) is 9.84 Å². The molecular weight excluding hydrogens is 296 g/mol. The highest BCUT2D eigenvalue weighted by molar-refractivity contribution is 5.92. The van der Waals surface area contributed by atoms with E-state index in [1.54, 1.807) is 31.3 Å². The Kier molecular flexibility index (Phi) is 8.42. The van der Waals surface area contributed by atoms with Gasteiger partial charge in [-0.15, -0.1) is 12.4 Å². The molecule has 0 aliphatic carbocycles. The first kappa shape index (κ1) is 19.2. The molecule has 6 nitrogen and oxygen atoms in total. The van der Waals surface area contributed by atoms with Crippen molar-refractivity contribution in [3.63, 3.8) is 0 Å². The Morgan fingerprint density at radius 2 is 1.90 bits per heavy atom. The SMILES string of the molecule is CCOc1ccc(NC(=O)CN(C)C(C)C(=O)O)cc1.Cl. The Balaban J connectivity index is 0.00000400. The van der Waals surface area contributed by atoms with Crippen LogP contribution in [0.2, 0.25) is 0 Å². The van der Waals surface area contributed by atoms with Gasteiger partial charge in [-0.3, -0.25) is 14.5 Å². The van der Waals surface area contributed by atoms with E-state index in [-0.39, 0.29) is 24.9 Å². The summed E-state index contributed by atoms with van der Waals surface area (Å²) >= 11 is 0. The lowest BCUT2D eigenvalue weighted by Crippen LogP contribution is -2.40. The van der Waals surface area contributed by atoms with Crippen molar-refractivity contribution in [3.05, 3.63) is 24.3 Å². The summed E-state index contributed by atoms with van der Waals surface area (Å²) in [5.74, 6) is -0.478. The maximum Gasteiger partial charge on any atom is 0.320 e. The molecule has 1 aromatic rings. The number of hydrogen-bond acceptors (Lipinski definition) is 4. The lowest BCUT2D eigenvalue weighted by atomic mass is 10.3. The van der Waals surface area contributed by atoms with Gasteiger partial charge in [-0.05, 0) is 45.2 Å². The van der Waals surface area contributed by atoms with Gasteiger partial charge in [0.15, 0.2) is 0 Å². The molecule has 1 atom stereocenters. The van der Waals surface area contributed by atoms with E-state index in [1.165, 1.54) is 11.8 Å². The average molecular weight is 317 g/mol. The lowest BCUT2D eigenvalue weighted by molar-refractivity contribution is -0.142. The number of ether oxygens (including phenoxy) is 1. The number of anilines is 1. The Hall–Kier alpha value is -1.79. The number of halogens is 1. The molecule has 1 unspecified atom stereocenters. The topological polar surface area (TPSA) is 78.9 Å². The van der Waals surface area contributed by atoms with Crippen molar-refractivity contribution in [1.29, 1.82) is 0 Å². The smallest absolute Gasteiger partial charge is 0.320 e. The largest absolute Gasteiger partial charge is 0.494 e. The average Bonchev–Trinajstić information content (AvgIpc) is 2.40. The number of hydrogen-bond donors (Lipinski definition) is 2. The summed E-state index contributed by atoms with van der Waals surface area (Å²) in [6.45, 7) is 4.03. The number of rotatable bonds is 7. The maximum absolute atomic E-state index is 11.8. The van der Waals surface area contributed by atoms with Crippen LogP contribution in [0.25, 0.3) is 0 Å². The van der Waals surface area contributed by atoms with E-state index in [1.807, 2.05) is 6.92 Å². The van der Waals surface area contributed by atoms with Crippen molar-refractivity contribution in [1.82, 2.24) is 4.90 Å². The maximum atomic E-state index is 11.8. The van der Waals surface area contributed by atoms with Crippen LogP contribution < -0.4 is 10.1 Å². The molecule has 21 heavy (non-hydrogen) atoms. The van der Waals surface area contributed by atoms with Gasteiger partial charge < -0.3 is 15.2 Å². The molecule has 2 N–H and O–H groups in total. The Morgan fingerprint density at radius 1 is 1.33 bits per heavy atom. The first-order valence-corrected chi connectivity index (χ1v) is 6.39. The highest BCUT2D eigenvalue weighted by atomic mass is 35.5. The van der Waals surface area contributed by atoms with Crippen molar-refractivity contribution in [2.75, 3.05) is 25.5 Å². The number of carboxylic acids is 1. The normalized spacial score (nSPS) is 11.4. The second-order valence-corrected chi connectivity index (χ2v) is 4.43. The van der Waals surface area contributed by atoms with Crippen LogP contribution in [-0.2, 0) is 9.59 Å². The molecule has 0 fully saturated rings. The van der Waals surface area contributed by atoms with Crippen LogP contribution in [0.15, 0.2) is 24.3 Å². The minimum Gasteiger partial charge on any atom is -0.494 e. The predicted octanol–water partition coefficient (Wildman–Crippen LogP) is 1.85. The molecule has 1 amide bonds. The second kappa shape index (κ2) is 9.20. The van der Waals surface area contributed by atoms with Crippen LogP contribution in [0.3, 0.4) is 0 Å². The molecule has 0 aliphatic rings. The highest BCUT2D eigenvalue weighted by Crippen LogP contribution is 2.15. The number of carboxylic acid groups (broad SMARTS) is 1. The lowest BCUT2D eigenvalue weighted by Gasteiger charge is -2.20. The third-order valence-electron chi connectivity index (χ3n) is 2.86. The van der Waals surface area contributed by atoms with Crippen LogP contribution in [0.4, 0.5) is 5.69 Å². The third kappa shape index (κ3) is 6.46. The van der Waals surface area contributed by atoms with Gasteiger partial charge in [-0.1, -0.05) is 0 Å². The van der Waals surface area contributed by atoms with E-state index in [0.29, 0.717) is 12.3 Å². The molecule has 0 radical (unpaired) electrons. The summed E-state index contributed by atoms with van der Waals surface area (Å²) in [5.41, 5.74) is 0.648. The monoisotopic (exact) mass is 316 g/mol. The first-order chi connectivity index (χ1) is 9.43. The minimum atomic E-state index is -0.957. The number of carbonyl (C=O) groups is 2. The number of nitrogens with one attached hydrogen (secondary N) is 1. The van der Waals surface area contributed by atoms with Crippen LogP contribution >= 0.6 is 12.4 Å². The summed E-state index contributed by atoms with van der Waals surface area (Å²) in [5, 5.41) is 11.6. The molecule has 1 aromatic carbocycles. The van der Waals surface area contributed by atoms with E-state index in [2.05, 4.69) is 5.32 Å². The molecule has 0 spiro atoms. The minimum absolute atomic E-state index is 0. The fraction of sp³-hybridized carbons (Fsp3) is 0.429. The van der Waals surface area contributed by atoms with Crippen molar-refractivity contribution < 1.29 is 19.4 Å². The van der Waals surface area contributed by atoms with E-state index >= 15 is 0 Å². The van der Waals surface area contributed by atoms with Crippen LogP contribution in [0.5, 0.6) is 5.75 Å². The highest BCUT2D eigenvalue weighted by Gasteiger charge is 2.18. The number of nitrogens with zero attached hydrogens (tertiary/aromatic N) is 1. The first-order valence-electron chi connectivity index (χ1n) is 6.39. The van der Waals surface area contributed by atoms with Gasteiger partial charge in [0.05, 0.1) is 13.2 Å². The van der Waals surface area contributed by atoms with Crippen molar-refractivity contribution in [2.45, 2.75) is 19.9 Å². The number of amides is 1. The fourth-order valence-corrected chi connectivity index (χ4v) is 1.55. The van der Waals surface area contributed by atoms with Crippen molar-refractivity contribution in [2.24, 2.45) is 0 Å². The standard InChI is InChI=1S/C14H20N2O4.ClH/c1-4-20-12-7-5-11(6-8-12)15-13(17)9-16(3)10(2)14(18)19;/h5-8,10H,4,9H2,1-3H3,(H,15,17)(H,18,19);1H. The molecular formula is C14H21ClN2O4. The molecule has 0 saturated carbocycles. The Labute approximate surface area is 130 Å². The number of carbonyl (C=O) groups excluding carboxylic acids is 1. The number of benzene rings is 1. The summed E-state index contributed by atoms with van der Waals surface area (Å²) in [4.78, 5) is 24.0. The molecule has 118 valence electrons. The molecule has 0 bridgehead atoms. The van der Waals surface area contributed by atoms with E-state index in [9.17, 15) is 9.59 Å². The van der Waals surface area contributed by atoms with Crippen LogP contribution in [0, 0.1) is 0 Å². The fourth-order valence-electron chi connectivity index (χ4n) is 1.55. The van der Waals surface area contributed by atoms with E-state index < -0.39 is 12.0 Å². The second-order valence-electron chi connectivity index (χ2n) is 4.43. The molecule has 0 saturated heterocycles. The number of aliphatic carboxylic acids is 1. The molecule has 1 rings (SSSR count). The third-order valence-corrected chi connectivity index (χ3v) is 2.86. The molecule has 0 aromatic heterocycles. The van der Waals surface area contributed by atoms with Crippen molar-refractivity contribution >= 4 is 30.0 Å². The summed E-state index contributed by atoms with van der Waals surface area (Å²) in [7, 11) is 1.59. The molecule has 7 heteroatoms. The van der Waals surface area contributed by atoms with Crippen molar-refractivity contribution in [3.8, 4) is 5.75 Å². The molecule has 0 aliphatic heterocycles. The molecule has 0 heterocycles. The summed E-state index contributed by atoms with van der Waals surface area (Å²) in [6.07, 6.45) is 0. The quantitative estimate of drug-likeness (QED) is 0.802. The predicted molar refractivity (Wildman–Crippen MR) is 83.2 cm³/mol. The van der Waals surface area contributed by atoms with Gasteiger partial charge in [-0.25, -0.2) is 0 Å². The van der Waals surface area contributed by atoms with Crippen LogP contribution in [0.1, 0.15) is 13.8 Å². The van der Waals surface area contributed by atoms with Crippen LogP contribution in [-0.4, -0.2) is 48.1 Å². The Morgan fingerprint density at radius 3 is 2.38 bits per heavy atom. The Bertz CT molecular complexity index is 465. The van der Waals surface area contributed by atoms with Gasteiger partial charge in [0, 0.05) is 5.69 Å². The summed E-state index contributed by atoms with van der Waals surface area (Å²) in [6, 6.07) is 6.31. The van der Waals surface area contributed by atoms with Gasteiger partial charge >= 0.3 is 5.97 Å². The zero-order valence-corrected chi connectivity index (χ0v) is 13.1. The van der Waals surface area contributed by atoms with Gasteiger partial charge in [0.25, 0.3) is 0 Å². The van der Waals surface area contributed by atoms with Gasteiger partial charge in [-0.2, -0.15) is 0 Å². The zero-order chi connectivity index (χ0) is 15.1. The zero-order valence-electron chi connectivity index (χ0n) is 12.3. The van der Waals surface area contributed by atoms with Gasteiger partial charge in [0.2, 0.25) is 5.91 Å².